The van der Waals surface area contributed by atoms with Gasteiger partial charge in [0.1, 0.15) is 0 Å². The Morgan fingerprint density at radius 1 is 1.00 bits per heavy atom. The first kappa shape index (κ1) is 18.2. The molecule has 4 rings (SSSR count). The van der Waals surface area contributed by atoms with Crippen molar-refractivity contribution in [1.29, 1.82) is 0 Å². The summed E-state index contributed by atoms with van der Waals surface area (Å²) in [5.41, 5.74) is 4.83. The van der Waals surface area contributed by atoms with Crippen molar-refractivity contribution in [2.75, 3.05) is 6.79 Å². The number of nitro benzene ring substituents is 1. The van der Waals surface area contributed by atoms with Gasteiger partial charge in [-0.1, -0.05) is 42.5 Å². The van der Waals surface area contributed by atoms with E-state index in [-0.39, 0.29) is 18.0 Å². The first-order chi connectivity index (χ1) is 14.1. The van der Waals surface area contributed by atoms with Crippen LogP contribution in [0.5, 0.6) is 11.5 Å². The zero-order chi connectivity index (χ0) is 20.2. The molecule has 1 aliphatic heterocycles. The Morgan fingerprint density at radius 3 is 2.34 bits per heavy atom. The molecule has 0 spiro atoms. The van der Waals surface area contributed by atoms with Gasteiger partial charge >= 0.3 is 0 Å². The highest BCUT2D eigenvalue weighted by atomic mass is 16.7. The van der Waals surface area contributed by atoms with Gasteiger partial charge < -0.3 is 9.47 Å². The summed E-state index contributed by atoms with van der Waals surface area (Å²) < 4.78 is 10.4. The fraction of sp³-hybridized carbons (Fsp3) is 0.0476. The van der Waals surface area contributed by atoms with E-state index in [2.05, 4.69) is 10.5 Å². The zero-order valence-corrected chi connectivity index (χ0v) is 15.1. The monoisotopic (exact) mass is 389 g/mol. The minimum atomic E-state index is -0.548. The lowest BCUT2D eigenvalue weighted by molar-refractivity contribution is -0.385. The quantitative estimate of drug-likeness (QED) is 0.407. The Hall–Kier alpha value is -4.20. The molecule has 3 aromatic carbocycles. The summed E-state index contributed by atoms with van der Waals surface area (Å²) >= 11 is 0. The summed E-state index contributed by atoms with van der Waals surface area (Å²) in [7, 11) is 0. The summed E-state index contributed by atoms with van der Waals surface area (Å²) in [6.45, 7) is 0.00277. The van der Waals surface area contributed by atoms with Gasteiger partial charge in [0.2, 0.25) is 6.79 Å². The van der Waals surface area contributed by atoms with Gasteiger partial charge in [-0.2, -0.15) is 5.10 Å². The minimum Gasteiger partial charge on any atom is -0.454 e. The van der Waals surface area contributed by atoms with Gasteiger partial charge in [-0.05, 0) is 29.3 Å². The average molecular weight is 389 g/mol. The molecule has 1 heterocycles. The Balaban J connectivity index is 1.47. The van der Waals surface area contributed by atoms with E-state index in [1.54, 1.807) is 12.1 Å². The van der Waals surface area contributed by atoms with Crippen LogP contribution in [0.1, 0.15) is 15.9 Å². The maximum atomic E-state index is 12.3. The Kier molecular flexibility index (Phi) is 4.90. The summed E-state index contributed by atoms with van der Waals surface area (Å²) in [6, 6.07) is 19.6. The highest BCUT2D eigenvalue weighted by molar-refractivity contribution is 5.95. The van der Waals surface area contributed by atoms with Crippen LogP contribution >= 0.6 is 0 Å². The number of nitrogens with zero attached hydrogens (tertiary/aromatic N) is 2. The molecule has 0 atom stereocenters. The molecule has 144 valence electrons. The van der Waals surface area contributed by atoms with E-state index in [9.17, 15) is 14.9 Å². The Labute approximate surface area is 165 Å². The number of ether oxygens (including phenoxy) is 2. The lowest BCUT2D eigenvalue weighted by Crippen LogP contribution is -2.17. The molecule has 1 aliphatic rings. The van der Waals surface area contributed by atoms with Gasteiger partial charge in [0, 0.05) is 5.56 Å². The number of carbonyl (C=O) groups excluding carboxylic acids is 1. The summed E-state index contributed by atoms with van der Waals surface area (Å²) in [5, 5.41) is 15.1. The van der Waals surface area contributed by atoms with E-state index in [1.807, 2.05) is 42.5 Å². The molecule has 0 aliphatic carbocycles. The van der Waals surface area contributed by atoms with E-state index in [4.69, 9.17) is 9.47 Å². The Bertz CT molecular complexity index is 1100. The average Bonchev–Trinajstić information content (AvgIpc) is 3.21. The standard InChI is InChI=1S/C21H15N3O5/c25-21(16-8-6-15(7-9-16)14-4-2-1-3-5-14)23-22-12-17-10-19-20(29-13-28-19)11-18(17)24(26)27/h1-12H,13H2,(H,23,25)/b22-12+. The van der Waals surface area contributed by atoms with Crippen molar-refractivity contribution in [2.45, 2.75) is 0 Å². The van der Waals surface area contributed by atoms with E-state index in [1.165, 1.54) is 18.3 Å². The van der Waals surface area contributed by atoms with Crippen molar-refractivity contribution >= 4 is 17.8 Å². The summed E-state index contributed by atoms with van der Waals surface area (Å²) in [4.78, 5) is 23.0. The maximum absolute atomic E-state index is 12.3. The number of nitrogens with one attached hydrogen (secondary N) is 1. The normalized spacial score (nSPS) is 12.1. The first-order valence-electron chi connectivity index (χ1n) is 8.69. The van der Waals surface area contributed by atoms with E-state index >= 15 is 0 Å². The van der Waals surface area contributed by atoms with Crippen LogP contribution in [0.25, 0.3) is 11.1 Å². The van der Waals surface area contributed by atoms with E-state index in [0.29, 0.717) is 17.1 Å². The number of nitro groups is 1. The van der Waals surface area contributed by atoms with Gasteiger partial charge in [0.15, 0.2) is 11.5 Å². The minimum absolute atomic E-state index is 0.00277. The second-order valence-electron chi connectivity index (χ2n) is 6.16. The lowest BCUT2D eigenvalue weighted by Gasteiger charge is -2.04. The smallest absolute Gasteiger partial charge is 0.282 e. The van der Waals surface area contributed by atoms with Crippen molar-refractivity contribution in [3.8, 4) is 22.6 Å². The molecular formula is C21H15N3O5. The van der Waals surface area contributed by atoms with Crippen molar-refractivity contribution < 1.29 is 19.2 Å². The van der Waals surface area contributed by atoms with Crippen LogP contribution in [0, 0.1) is 10.1 Å². The van der Waals surface area contributed by atoms with Crippen LogP contribution in [0.4, 0.5) is 5.69 Å². The number of fused-ring (bicyclic) bond motifs is 1. The number of amides is 1. The number of hydrogen-bond donors (Lipinski definition) is 1. The molecule has 0 saturated carbocycles. The molecule has 1 N–H and O–H groups in total. The number of hydrazone groups is 1. The number of rotatable bonds is 5. The highest BCUT2D eigenvalue weighted by Gasteiger charge is 2.22. The SMILES string of the molecule is O=C(N/N=C/c1cc2c(cc1[N+](=O)[O-])OCO2)c1ccc(-c2ccccc2)cc1. The molecular weight excluding hydrogens is 374 g/mol. The predicted molar refractivity (Wildman–Crippen MR) is 106 cm³/mol. The van der Waals surface area contributed by atoms with E-state index < -0.39 is 10.8 Å². The van der Waals surface area contributed by atoms with Crippen molar-refractivity contribution in [3.63, 3.8) is 0 Å². The van der Waals surface area contributed by atoms with Crippen LogP contribution in [0.3, 0.4) is 0 Å². The largest absolute Gasteiger partial charge is 0.454 e. The molecule has 0 saturated heterocycles. The van der Waals surface area contributed by atoms with Crippen LogP contribution in [-0.2, 0) is 0 Å². The predicted octanol–water partition coefficient (Wildman–Crippen LogP) is 3.75. The van der Waals surface area contributed by atoms with Gasteiger partial charge in [-0.25, -0.2) is 5.43 Å². The topological polar surface area (TPSA) is 103 Å². The second kappa shape index (κ2) is 7.81. The fourth-order valence-electron chi connectivity index (χ4n) is 2.88. The molecule has 0 radical (unpaired) electrons. The number of carbonyl (C=O) groups is 1. The molecule has 0 unspecified atom stereocenters. The molecule has 1 amide bonds. The summed E-state index contributed by atoms with van der Waals surface area (Å²) in [6.07, 6.45) is 1.20. The summed E-state index contributed by atoms with van der Waals surface area (Å²) in [5.74, 6) is 0.264. The van der Waals surface area contributed by atoms with Gasteiger partial charge in [-0.3, -0.25) is 14.9 Å². The van der Waals surface area contributed by atoms with Gasteiger partial charge in [-0.15, -0.1) is 0 Å². The second-order valence-corrected chi connectivity index (χ2v) is 6.16. The number of hydrogen-bond acceptors (Lipinski definition) is 6. The molecule has 3 aromatic rings. The first-order valence-corrected chi connectivity index (χ1v) is 8.69. The highest BCUT2D eigenvalue weighted by Crippen LogP contribution is 2.37. The lowest BCUT2D eigenvalue weighted by atomic mass is 10.0. The van der Waals surface area contributed by atoms with Crippen LogP contribution in [0.2, 0.25) is 0 Å². The Morgan fingerprint density at radius 2 is 1.66 bits per heavy atom. The van der Waals surface area contributed by atoms with Gasteiger partial charge in [0.05, 0.1) is 22.8 Å². The van der Waals surface area contributed by atoms with Crippen LogP contribution in [-0.4, -0.2) is 23.8 Å². The van der Waals surface area contributed by atoms with Crippen LogP contribution < -0.4 is 14.9 Å². The molecule has 8 heteroatoms. The zero-order valence-electron chi connectivity index (χ0n) is 15.1. The third kappa shape index (κ3) is 3.91. The van der Waals surface area contributed by atoms with E-state index in [0.717, 1.165) is 11.1 Å². The molecule has 8 nitrogen and oxygen atoms in total. The maximum Gasteiger partial charge on any atom is 0.282 e. The van der Waals surface area contributed by atoms with Crippen molar-refractivity contribution in [3.05, 3.63) is 88.0 Å². The van der Waals surface area contributed by atoms with Crippen LogP contribution in [0.15, 0.2) is 71.8 Å². The van der Waals surface area contributed by atoms with Gasteiger partial charge in [0.25, 0.3) is 11.6 Å². The molecule has 29 heavy (non-hydrogen) atoms. The fourth-order valence-corrected chi connectivity index (χ4v) is 2.88. The van der Waals surface area contributed by atoms with Crippen molar-refractivity contribution in [1.82, 2.24) is 5.43 Å². The van der Waals surface area contributed by atoms with Crippen molar-refractivity contribution in [2.24, 2.45) is 5.10 Å². The molecule has 0 aromatic heterocycles. The molecule has 0 bridgehead atoms. The molecule has 0 fully saturated rings. The third-order valence-corrected chi connectivity index (χ3v) is 4.34. The third-order valence-electron chi connectivity index (χ3n) is 4.34. The number of benzene rings is 3.